The van der Waals surface area contributed by atoms with E-state index in [9.17, 15) is 10.3 Å². The Bertz CT molecular complexity index is 764. The number of ether oxygens (including phenoxy) is 2. The summed E-state index contributed by atoms with van der Waals surface area (Å²) in [6.07, 6.45) is 2.32. The van der Waals surface area contributed by atoms with Gasteiger partial charge in [-0.2, -0.15) is 0 Å². The second kappa shape index (κ2) is 4.43. The van der Waals surface area contributed by atoms with Gasteiger partial charge in [0.15, 0.2) is 17.6 Å². The van der Waals surface area contributed by atoms with Crippen molar-refractivity contribution < 1.29 is 19.8 Å². The average Bonchev–Trinajstić information content (AvgIpc) is 2.93. The van der Waals surface area contributed by atoms with E-state index in [0.29, 0.717) is 24.3 Å². The number of methoxy groups -OCH3 is 1. The summed E-state index contributed by atoms with van der Waals surface area (Å²) in [6, 6.07) is 4.10. The largest absolute Gasteiger partial charge is 0.493 e. The Balaban J connectivity index is 1.85. The van der Waals surface area contributed by atoms with Gasteiger partial charge in [0.2, 0.25) is 0 Å². The van der Waals surface area contributed by atoms with E-state index >= 15 is 0 Å². The van der Waals surface area contributed by atoms with Crippen molar-refractivity contribution in [3.05, 3.63) is 23.3 Å². The van der Waals surface area contributed by atoms with E-state index in [1.54, 1.807) is 7.11 Å². The minimum Gasteiger partial charge on any atom is -0.493 e. The zero-order chi connectivity index (χ0) is 16.7. The van der Waals surface area contributed by atoms with Crippen LogP contribution in [-0.2, 0) is 11.8 Å². The van der Waals surface area contributed by atoms with Crippen LogP contribution in [0, 0.1) is 0 Å². The van der Waals surface area contributed by atoms with Crippen molar-refractivity contribution in [2.24, 2.45) is 5.16 Å². The number of nitrogens with zero attached hydrogens (tertiary/aromatic N) is 2. The topological polar surface area (TPSA) is 74.5 Å². The molecule has 2 aliphatic carbocycles. The average molecular weight is 330 g/mol. The summed E-state index contributed by atoms with van der Waals surface area (Å²) in [5.41, 5.74) is 1.52. The monoisotopic (exact) mass is 330 g/mol. The van der Waals surface area contributed by atoms with E-state index in [4.69, 9.17) is 9.47 Å². The molecular weight excluding hydrogens is 308 g/mol. The highest BCUT2D eigenvalue weighted by atomic mass is 16.5. The lowest BCUT2D eigenvalue weighted by Crippen LogP contribution is -2.76. The van der Waals surface area contributed by atoms with Crippen LogP contribution in [-0.4, -0.2) is 59.4 Å². The van der Waals surface area contributed by atoms with Crippen molar-refractivity contribution in [3.8, 4) is 11.5 Å². The van der Waals surface area contributed by atoms with Crippen molar-refractivity contribution in [2.45, 2.75) is 48.8 Å². The van der Waals surface area contributed by atoms with Crippen molar-refractivity contribution in [2.75, 3.05) is 20.7 Å². The zero-order valence-electron chi connectivity index (χ0n) is 14.0. The van der Waals surface area contributed by atoms with E-state index in [0.717, 1.165) is 30.7 Å². The van der Waals surface area contributed by atoms with Crippen LogP contribution in [0.15, 0.2) is 17.3 Å². The molecule has 1 aromatic rings. The molecular formula is C18H22N2O4. The van der Waals surface area contributed by atoms with Crippen LogP contribution < -0.4 is 9.47 Å². The van der Waals surface area contributed by atoms with Crippen LogP contribution in [0.5, 0.6) is 11.5 Å². The lowest BCUT2D eigenvalue weighted by Gasteiger charge is -2.62. The van der Waals surface area contributed by atoms with Crippen LogP contribution in [0.3, 0.4) is 0 Å². The number of likely N-dealkylation sites (tertiary alicyclic amines) is 1. The molecule has 2 bridgehead atoms. The molecule has 24 heavy (non-hydrogen) atoms. The molecule has 1 unspecified atom stereocenters. The highest BCUT2D eigenvalue weighted by molar-refractivity contribution is 5.94. The second-order valence-corrected chi connectivity index (χ2v) is 7.57. The summed E-state index contributed by atoms with van der Waals surface area (Å²) in [5.74, 6) is 1.42. The molecule has 6 nitrogen and oxygen atoms in total. The van der Waals surface area contributed by atoms with Crippen LogP contribution in [0.2, 0.25) is 0 Å². The maximum Gasteiger partial charge on any atom is 0.166 e. The number of benzene rings is 1. The molecule has 2 fully saturated rings. The van der Waals surface area contributed by atoms with Gasteiger partial charge in [0.25, 0.3) is 0 Å². The molecule has 0 aromatic heterocycles. The Kier molecular flexibility index (Phi) is 2.69. The first kappa shape index (κ1) is 14.5. The van der Waals surface area contributed by atoms with Gasteiger partial charge in [-0.05, 0) is 50.9 Å². The number of piperidine rings is 1. The third-order valence-corrected chi connectivity index (χ3v) is 6.88. The molecule has 128 valence electrons. The molecule has 4 atom stereocenters. The molecule has 1 aromatic carbocycles. The predicted octanol–water partition coefficient (Wildman–Crippen LogP) is 1.31. The molecule has 4 aliphatic rings. The van der Waals surface area contributed by atoms with Gasteiger partial charge < -0.3 is 24.7 Å². The number of oxime groups is 1. The minimum absolute atomic E-state index is 0.0597. The van der Waals surface area contributed by atoms with E-state index in [-0.39, 0.29) is 6.04 Å². The SMILES string of the molecule is COc1ccc2c3c1OC1/C(=N/O)CC[C@@]4(O)[C@@H](C2)N(C)CC[C@]314. The maximum atomic E-state index is 11.9. The fraction of sp³-hybridized carbons (Fsp3) is 0.611. The Morgan fingerprint density at radius 3 is 2.96 bits per heavy atom. The Labute approximate surface area is 140 Å². The third-order valence-electron chi connectivity index (χ3n) is 6.88. The summed E-state index contributed by atoms with van der Waals surface area (Å²) >= 11 is 0. The molecule has 5 rings (SSSR count). The molecule has 1 saturated heterocycles. The number of hydrogen-bond acceptors (Lipinski definition) is 6. The van der Waals surface area contributed by atoms with Crippen LogP contribution in [0.25, 0.3) is 0 Å². The standard InChI is InChI=1S/C18H22N2O4/c1-20-8-7-17-14-10-3-4-12(23-2)15(14)24-16(17)11(19-22)5-6-18(17,21)13(20)9-10/h3-4,13,16,21-22H,5-9H2,1-2H3/b19-11+/t13-,16?,17+,18-/m1/s1. The molecule has 0 amide bonds. The Hall–Kier alpha value is -1.79. The van der Waals surface area contributed by atoms with Gasteiger partial charge >= 0.3 is 0 Å². The Morgan fingerprint density at radius 2 is 2.21 bits per heavy atom. The van der Waals surface area contributed by atoms with Crippen molar-refractivity contribution in [3.63, 3.8) is 0 Å². The van der Waals surface area contributed by atoms with Gasteiger partial charge in [-0.25, -0.2) is 0 Å². The molecule has 0 radical (unpaired) electrons. The van der Waals surface area contributed by atoms with Gasteiger partial charge in [0, 0.05) is 11.6 Å². The zero-order valence-corrected chi connectivity index (χ0v) is 14.0. The van der Waals surface area contributed by atoms with E-state index < -0.39 is 17.1 Å². The number of rotatable bonds is 1. The van der Waals surface area contributed by atoms with Gasteiger partial charge in [0.1, 0.15) is 0 Å². The van der Waals surface area contributed by atoms with E-state index in [1.165, 1.54) is 5.56 Å². The molecule has 1 spiro atoms. The smallest absolute Gasteiger partial charge is 0.166 e. The first-order valence-electron chi connectivity index (χ1n) is 8.57. The third kappa shape index (κ3) is 1.35. The van der Waals surface area contributed by atoms with Gasteiger partial charge in [-0.15, -0.1) is 0 Å². The normalized spacial score (nSPS) is 41.0. The molecule has 2 heterocycles. The van der Waals surface area contributed by atoms with Crippen molar-refractivity contribution in [1.82, 2.24) is 4.90 Å². The highest BCUT2D eigenvalue weighted by Crippen LogP contribution is 2.64. The van der Waals surface area contributed by atoms with Crippen molar-refractivity contribution >= 4 is 5.71 Å². The lowest BCUT2D eigenvalue weighted by atomic mass is 9.49. The van der Waals surface area contributed by atoms with Crippen LogP contribution in [0.4, 0.5) is 0 Å². The fourth-order valence-electron chi connectivity index (χ4n) is 5.80. The first-order valence-corrected chi connectivity index (χ1v) is 8.57. The van der Waals surface area contributed by atoms with Gasteiger partial charge in [-0.1, -0.05) is 11.2 Å². The summed E-state index contributed by atoms with van der Waals surface area (Å²) in [7, 11) is 3.72. The summed E-state index contributed by atoms with van der Waals surface area (Å²) in [5, 5.41) is 24.9. The minimum atomic E-state index is -0.872. The predicted molar refractivity (Wildman–Crippen MR) is 87.2 cm³/mol. The highest BCUT2D eigenvalue weighted by Gasteiger charge is 2.72. The number of aliphatic hydroxyl groups is 1. The maximum absolute atomic E-state index is 11.9. The quantitative estimate of drug-likeness (QED) is 0.600. The molecule has 2 N–H and O–H groups in total. The van der Waals surface area contributed by atoms with E-state index in [1.807, 2.05) is 6.07 Å². The fourth-order valence-corrected chi connectivity index (χ4v) is 5.80. The summed E-state index contributed by atoms with van der Waals surface area (Å²) in [4.78, 5) is 2.27. The van der Waals surface area contributed by atoms with E-state index in [2.05, 4.69) is 23.2 Å². The summed E-state index contributed by atoms with van der Waals surface area (Å²) < 4.78 is 11.8. The van der Waals surface area contributed by atoms with Crippen molar-refractivity contribution in [1.29, 1.82) is 0 Å². The van der Waals surface area contributed by atoms with Gasteiger partial charge in [-0.3, -0.25) is 0 Å². The van der Waals surface area contributed by atoms with Crippen LogP contribution >= 0.6 is 0 Å². The Morgan fingerprint density at radius 1 is 1.38 bits per heavy atom. The number of likely N-dealkylation sites (N-methyl/N-ethyl adjacent to an activating group) is 1. The van der Waals surface area contributed by atoms with Crippen LogP contribution in [0.1, 0.15) is 30.4 Å². The number of hydrogen-bond donors (Lipinski definition) is 2. The lowest BCUT2D eigenvalue weighted by molar-refractivity contribution is -0.161. The van der Waals surface area contributed by atoms with Gasteiger partial charge in [0.05, 0.1) is 23.8 Å². The first-order chi connectivity index (χ1) is 11.6. The summed E-state index contributed by atoms with van der Waals surface area (Å²) in [6.45, 7) is 0.891. The molecule has 2 aliphatic heterocycles. The molecule has 6 heteroatoms. The molecule has 1 saturated carbocycles. The second-order valence-electron chi connectivity index (χ2n) is 7.57.